The predicted octanol–water partition coefficient (Wildman–Crippen LogP) is 7.08. The van der Waals surface area contributed by atoms with Crippen molar-refractivity contribution >= 4 is 34.0 Å². The molecule has 0 saturated carbocycles. The van der Waals surface area contributed by atoms with Crippen LogP contribution in [0.5, 0.6) is 0 Å². The van der Waals surface area contributed by atoms with Gasteiger partial charge in [-0.25, -0.2) is 0 Å². The average molecular weight is 520 g/mol. The quantitative estimate of drug-likeness (QED) is 0.173. The van der Waals surface area contributed by atoms with E-state index in [4.69, 9.17) is 0 Å². The lowest BCUT2D eigenvalue weighted by molar-refractivity contribution is 0.549. The van der Waals surface area contributed by atoms with Crippen molar-refractivity contribution in [2.45, 2.75) is 77.0 Å². The van der Waals surface area contributed by atoms with Gasteiger partial charge in [0.1, 0.15) is 0 Å². The number of para-hydroxylation sites is 1. The number of nitrogens with zero attached hydrogens (tertiary/aromatic N) is 1. The van der Waals surface area contributed by atoms with Crippen molar-refractivity contribution in [1.82, 2.24) is 4.57 Å². The molecular formula is C38H38BN. The molecule has 4 aromatic carbocycles. The minimum Gasteiger partial charge on any atom is -0.313 e. The van der Waals surface area contributed by atoms with Crippen molar-refractivity contribution in [2.24, 2.45) is 0 Å². The maximum absolute atomic E-state index is 2.61. The summed E-state index contributed by atoms with van der Waals surface area (Å²) < 4.78 is 2.61. The number of aromatic nitrogens is 1. The highest BCUT2D eigenvalue weighted by molar-refractivity contribution is 6.97. The van der Waals surface area contributed by atoms with Gasteiger partial charge in [-0.05, 0) is 78.1 Å². The van der Waals surface area contributed by atoms with Crippen LogP contribution >= 0.6 is 0 Å². The lowest BCUT2D eigenvalue weighted by atomic mass is 9.27. The second-order valence-electron chi connectivity index (χ2n) is 13.2. The van der Waals surface area contributed by atoms with Crippen LogP contribution in [0.2, 0.25) is 0 Å². The zero-order chi connectivity index (χ0) is 27.2. The van der Waals surface area contributed by atoms with E-state index in [0.29, 0.717) is 0 Å². The molecule has 1 unspecified atom stereocenters. The van der Waals surface area contributed by atoms with E-state index in [-0.39, 0.29) is 17.5 Å². The van der Waals surface area contributed by atoms with E-state index in [9.17, 15) is 0 Å². The maximum atomic E-state index is 2.61. The fourth-order valence-electron chi connectivity index (χ4n) is 8.75. The van der Waals surface area contributed by atoms with Crippen LogP contribution in [0.15, 0.2) is 84.9 Å². The van der Waals surface area contributed by atoms with Crippen LogP contribution in [-0.2, 0) is 23.7 Å². The number of hydrogen-bond acceptors (Lipinski definition) is 0. The van der Waals surface area contributed by atoms with Gasteiger partial charge in [0.05, 0.1) is 5.52 Å². The number of fused-ring (bicyclic) bond motifs is 7. The fourth-order valence-corrected chi connectivity index (χ4v) is 8.75. The maximum Gasteiger partial charge on any atom is 0.242 e. The SMILES string of the molecule is CCC1(C)c2ccccc2B2c3ccc(-n4c5c(c6ccccc64)CCCCC5)cc3C(C)(C)c3cccc1c32. The van der Waals surface area contributed by atoms with Gasteiger partial charge in [0.2, 0.25) is 6.71 Å². The van der Waals surface area contributed by atoms with Gasteiger partial charge in [-0.3, -0.25) is 0 Å². The molecule has 0 spiro atoms. The Morgan fingerprint density at radius 3 is 2.30 bits per heavy atom. The first-order chi connectivity index (χ1) is 19.4. The summed E-state index contributed by atoms with van der Waals surface area (Å²) in [4.78, 5) is 0. The van der Waals surface area contributed by atoms with Crippen molar-refractivity contribution in [2.75, 3.05) is 0 Å². The summed E-state index contributed by atoms with van der Waals surface area (Å²) in [6.07, 6.45) is 7.38. The van der Waals surface area contributed by atoms with E-state index in [2.05, 4.69) is 117 Å². The summed E-state index contributed by atoms with van der Waals surface area (Å²) in [6.45, 7) is 10.0. The molecule has 1 atom stereocenters. The zero-order valence-corrected chi connectivity index (χ0v) is 24.4. The molecule has 0 fully saturated rings. The summed E-state index contributed by atoms with van der Waals surface area (Å²) in [6, 6.07) is 33.0. The summed E-state index contributed by atoms with van der Waals surface area (Å²) >= 11 is 0. The molecule has 0 amide bonds. The first kappa shape index (κ1) is 24.3. The van der Waals surface area contributed by atoms with E-state index in [1.807, 2.05) is 0 Å². The van der Waals surface area contributed by atoms with Gasteiger partial charge in [-0.1, -0.05) is 117 Å². The Labute approximate surface area is 239 Å². The minimum absolute atomic E-state index is 0.0353. The number of rotatable bonds is 2. The van der Waals surface area contributed by atoms with E-state index >= 15 is 0 Å². The monoisotopic (exact) mass is 519 g/mol. The van der Waals surface area contributed by atoms with Crippen molar-refractivity contribution in [3.8, 4) is 5.69 Å². The molecular weight excluding hydrogens is 481 g/mol. The highest BCUT2D eigenvalue weighted by Gasteiger charge is 2.48. The molecule has 198 valence electrons. The Hall–Kier alpha value is -3.52. The second kappa shape index (κ2) is 8.49. The molecule has 3 aliphatic rings. The molecule has 1 aromatic heterocycles. The molecule has 1 aliphatic carbocycles. The van der Waals surface area contributed by atoms with Crippen molar-refractivity contribution < 1.29 is 0 Å². The van der Waals surface area contributed by atoms with E-state index < -0.39 is 0 Å². The summed E-state index contributed by atoms with van der Waals surface area (Å²) in [7, 11) is 0. The van der Waals surface area contributed by atoms with Crippen LogP contribution in [0.4, 0.5) is 0 Å². The standard InChI is InChI=1S/C38H38BN/c1-5-38(4)28-16-10-11-19-32(28)39-33-23-22-25(24-31(33)37(2,3)29-17-13-18-30(38)36(29)39)40-34-20-8-6-7-14-26(34)27-15-9-12-21-35(27)40/h9-13,15-19,21-24H,5-8,14,20H2,1-4H3. The number of hydrogen-bond donors (Lipinski definition) is 0. The minimum atomic E-state index is -0.0754. The Kier molecular flexibility index (Phi) is 5.16. The normalized spacial score (nSPS) is 20.4. The van der Waals surface area contributed by atoms with E-state index in [1.54, 1.807) is 11.0 Å². The van der Waals surface area contributed by atoms with Crippen molar-refractivity contribution in [1.29, 1.82) is 0 Å². The molecule has 0 saturated heterocycles. The average Bonchev–Trinajstić information content (AvgIpc) is 3.11. The Morgan fingerprint density at radius 1 is 0.700 bits per heavy atom. The predicted molar refractivity (Wildman–Crippen MR) is 171 cm³/mol. The highest BCUT2D eigenvalue weighted by atomic mass is 15.0. The molecule has 3 heterocycles. The third kappa shape index (κ3) is 3.06. The fraction of sp³-hybridized carbons (Fsp3) is 0.316. The van der Waals surface area contributed by atoms with Gasteiger partial charge in [-0.2, -0.15) is 0 Å². The number of benzene rings is 4. The van der Waals surface area contributed by atoms with Crippen molar-refractivity contribution in [3.05, 3.63) is 118 Å². The molecule has 1 nitrogen and oxygen atoms in total. The number of aryl methyl sites for hydroxylation is 1. The molecule has 8 rings (SSSR count). The summed E-state index contributed by atoms with van der Waals surface area (Å²) in [5, 5.41) is 1.45. The first-order valence-electron chi connectivity index (χ1n) is 15.4. The lowest BCUT2D eigenvalue weighted by Gasteiger charge is -2.47. The van der Waals surface area contributed by atoms with Gasteiger partial charge in [-0.15, -0.1) is 0 Å². The second-order valence-corrected chi connectivity index (χ2v) is 13.2. The van der Waals surface area contributed by atoms with Crippen LogP contribution in [-0.4, -0.2) is 11.3 Å². The molecule has 2 heteroatoms. The molecule has 0 bridgehead atoms. The van der Waals surface area contributed by atoms with Gasteiger partial charge >= 0.3 is 0 Å². The Bertz CT molecular complexity index is 1820. The molecule has 0 radical (unpaired) electrons. The molecule has 2 aliphatic heterocycles. The third-order valence-corrected chi connectivity index (χ3v) is 10.9. The Morgan fingerprint density at radius 2 is 1.43 bits per heavy atom. The lowest BCUT2D eigenvalue weighted by Crippen LogP contribution is -2.66. The third-order valence-electron chi connectivity index (χ3n) is 10.9. The van der Waals surface area contributed by atoms with Crippen molar-refractivity contribution in [3.63, 3.8) is 0 Å². The van der Waals surface area contributed by atoms with Crippen LogP contribution < -0.4 is 16.4 Å². The zero-order valence-electron chi connectivity index (χ0n) is 24.4. The van der Waals surface area contributed by atoms with Crippen LogP contribution in [0.3, 0.4) is 0 Å². The molecule has 5 aromatic rings. The van der Waals surface area contributed by atoms with Crippen LogP contribution in [0, 0.1) is 0 Å². The van der Waals surface area contributed by atoms with Gasteiger partial charge in [0.25, 0.3) is 0 Å². The highest BCUT2D eigenvalue weighted by Crippen LogP contribution is 2.43. The Balaban J connectivity index is 1.41. The van der Waals surface area contributed by atoms with E-state index in [1.165, 1.54) is 87.6 Å². The van der Waals surface area contributed by atoms with Gasteiger partial charge in [0, 0.05) is 27.6 Å². The van der Waals surface area contributed by atoms with Crippen LogP contribution in [0.1, 0.15) is 86.9 Å². The summed E-state index contributed by atoms with van der Waals surface area (Å²) in [5.41, 5.74) is 16.3. The topological polar surface area (TPSA) is 4.93 Å². The smallest absolute Gasteiger partial charge is 0.242 e. The van der Waals surface area contributed by atoms with Crippen LogP contribution in [0.25, 0.3) is 16.6 Å². The first-order valence-corrected chi connectivity index (χ1v) is 15.4. The molecule has 40 heavy (non-hydrogen) atoms. The molecule has 0 N–H and O–H groups in total. The van der Waals surface area contributed by atoms with Gasteiger partial charge < -0.3 is 4.57 Å². The van der Waals surface area contributed by atoms with Gasteiger partial charge in [0.15, 0.2) is 0 Å². The van der Waals surface area contributed by atoms with E-state index in [0.717, 1.165) is 6.42 Å². The largest absolute Gasteiger partial charge is 0.313 e. The summed E-state index contributed by atoms with van der Waals surface area (Å²) in [5.74, 6) is 0.